The minimum Gasteiger partial charge on any atom is -0.268 e. The van der Waals surface area contributed by atoms with Crippen LogP contribution in [0.25, 0.3) is 0 Å². The lowest BCUT2D eigenvalue weighted by molar-refractivity contribution is 0.253. The lowest BCUT2D eigenvalue weighted by Gasteiger charge is -2.36. The molecule has 3 unspecified atom stereocenters. The van der Waals surface area contributed by atoms with Crippen LogP contribution in [0.15, 0.2) is 0 Å². The highest BCUT2D eigenvalue weighted by Crippen LogP contribution is 2.27. The summed E-state index contributed by atoms with van der Waals surface area (Å²) in [5.41, 5.74) is 0. The molecule has 13 heavy (non-hydrogen) atoms. The van der Waals surface area contributed by atoms with Crippen LogP contribution in [0.4, 0.5) is 0 Å². The normalized spacial score (nSPS) is 18.7. The Labute approximate surface area is 95.8 Å². The zero-order valence-corrected chi connectivity index (χ0v) is 11.9. The maximum absolute atomic E-state index is 2.56. The van der Waals surface area contributed by atoms with Gasteiger partial charge in [-0.3, -0.25) is 4.90 Å². The molecule has 0 amide bonds. The van der Waals surface area contributed by atoms with E-state index in [4.69, 9.17) is 0 Å². The quantitative estimate of drug-likeness (QED) is 0.653. The third-order valence-corrected chi connectivity index (χ3v) is 5.06. The highest BCUT2D eigenvalue weighted by molar-refractivity contribution is 8.00. The van der Waals surface area contributed by atoms with Gasteiger partial charge in [-0.25, -0.2) is 0 Å². The largest absolute Gasteiger partial charge is 0.268 e. The zero-order valence-electron chi connectivity index (χ0n) is 9.40. The zero-order chi connectivity index (χ0) is 10.4. The van der Waals surface area contributed by atoms with Crippen molar-refractivity contribution in [1.82, 2.24) is 4.90 Å². The van der Waals surface area contributed by atoms with Gasteiger partial charge in [0.2, 0.25) is 0 Å². The van der Waals surface area contributed by atoms with E-state index in [1.54, 1.807) is 0 Å². The molecular formula is C9H21NS3. The van der Waals surface area contributed by atoms with Crippen molar-refractivity contribution in [3.05, 3.63) is 0 Å². The highest BCUT2D eigenvalue weighted by atomic mass is 32.2. The van der Waals surface area contributed by atoms with E-state index >= 15 is 0 Å². The van der Waals surface area contributed by atoms with Crippen LogP contribution < -0.4 is 0 Å². The summed E-state index contributed by atoms with van der Waals surface area (Å²) >= 11 is 5.76. The van der Waals surface area contributed by atoms with Gasteiger partial charge in [-0.2, -0.15) is 0 Å². The van der Waals surface area contributed by atoms with Crippen molar-refractivity contribution in [3.8, 4) is 0 Å². The standard InChI is InChI=1S/C9H21NS3/c1-7(11-4)10(8(2)12-5)9(3)13-6/h7-9H,1-6H3. The smallest absolute Gasteiger partial charge is 0.0546 e. The second kappa shape index (κ2) is 7.32. The van der Waals surface area contributed by atoms with Gasteiger partial charge < -0.3 is 0 Å². The average molecular weight is 239 g/mol. The van der Waals surface area contributed by atoms with Gasteiger partial charge in [-0.15, -0.1) is 35.3 Å². The SMILES string of the molecule is CSC(C)N(C(C)SC)C(C)SC. The molecule has 0 rings (SSSR count). The third kappa shape index (κ3) is 4.36. The van der Waals surface area contributed by atoms with Crippen molar-refractivity contribution in [2.24, 2.45) is 0 Å². The molecule has 0 aromatic rings. The van der Waals surface area contributed by atoms with Crippen LogP contribution in [-0.4, -0.2) is 39.8 Å². The Hall–Kier alpha value is 1.01. The molecule has 0 aliphatic heterocycles. The molecule has 0 aliphatic carbocycles. The molecule has 0 aromatic carbocycles. The highest BCUT2D eigenvalue weighted by Gasteiger charge is 2.23. The van der Waals surface area contributed by atoms with E-state index in [-0.39, 0.29) is 0 Å². The van der Waals surface area contributed by atoms with Crippen LogP contribution in [-0.2, 0) is 0 Å². The van der Waals surface area contributed by atoms with Crippen LogP contribution >= 0.6 is 35.3 Å². The first-order chi connectivity index (χ1) is 6.08. The molecule has 0 aliphatic rings. The first-order valence-corrected chi connectivity index (χ1v) is 8.30. The van der Waals surface area contributed by atoms with Crippen molar-refractivity contribution >= 4 is 35.3 Å². The molecule has 0 spiro atoms. The molecule has 80 valence electrons. The summed E-state index contributed by atoms with van der Waals surface area (Å²) in [4.78, 5) is 2.56. The minimum atomic E-state index is 0.602. The Balaban J connectivity index is 4.34. The second-order valence-corrected chi connectivity index (χ2v) is 6.41. The molecule has 3 atom stereocenters. The fourth-order valence-electron chi connectivity index (χ4n) is 1.25. The molecule has 0 radical (unpaired) electrons. The molecule has 0 aromatic heterocycles. The summed E-state index contributed by atoms with van der Waals surface area (Å²) in [5.74, 6) is 0. The summed E-state index contributed by atoms with van der Waals surface area (Å²) in [7, 11) is 0. The van der Waals surface area contributed by atoms with Gasteiger partial charge in [0.15, 0.2) is 0 Å². The molecule has 0 saturated heterocycles. The number of nitrogens with zero attached hydrogens (tertiary/aromatic N) is 1. The monoisotopic (exact) mass is 239 g/mol. The van der Waals surface area contributed by atoms with Gasteiger partial charge >= 0.3 is 0 Å². The van der Waals surface area contributed by atoms with Crippen molar-refractivity contribution in [2.75, 3.05) is 18.8 Å². The molecule has 1 nitrogen and oxygen atoms in total. The fraction of sp³-hybridized carbons (Fsp3) is 1.00. The fourth-order valence-corrected chi connectivity index (χ4v) is 3.31. The van der Waals surface area contributed by atoms with Gasteiger partial charge in [0.1, 0.15) is 0 Å². The number of thioether (sulfide) groups is 3. The van der Waals surface area contributed by atoms with Crippen molar-refractivity contribution in [3.63, 3.8) is 0 Å². The molecule has 4 heteroatoms. The van der Waals surface area contributed by atoms with E-state index in [1.165, 1.54) is 0 Å². The third-order valence-electron chi connectivity index (χ3n) is 2.28. The van der Waals surface area contributed by atoms with Gasteiger partial charge in [0.25, 0.3) is 0 Å². The van der Waals surface area contributed by atoms with Crippen LogP contribution in [0.3, 0.4) is 0 Å². The second-order valence-electron chi connectivity index (χ2n) is 2.95. The van der Waals surface area contributed by atoms with E-state index in [2.05, 4.69) is 44.4 Å². The first kappa shape index (κ1) is 14.0. The topological polar surface area (TPSA) is 3.24 Å². The summed E-state index contributed by atoms with van der Waals surface area (Å²) in [6, 6.07) is 0. The van der Waals surface area contributed by atoms with Crippen LogP contribution in [0.5, 0.6) is 0 Å². The minimum absolute atomic E-state index is 0.602. The molecular weight excluding hydrogens is 218 g/mol. The van der Waals surface area contributed by atoms with E-state index < -0.39 is 0 Å². The summed E-state index contributed by atoms with van der Waals surface area (Å²) < 4.78 is 0. The predicted molar refractivity (Wildman–Crippen MR) is 70.8 cm³/mol. The van der Waals surface area contributed by atoms with Crippen molar-refractivity contribution < 1.29 is 0 Å². The first-order valence-electron chi connectivity index (χ1n) is 4.44. The molecule has 0 N–H and O–H groups in total. The number of hydrogen-bond acceptors (Lipinski definition) is 4. The Kier molecular flexibility index (Phi) is 7.89. The van der Waals surface area contributed by atoms with Gasteiger partial charge in [-0.1, -0.05) is 0 Å². The summed E-state index contributed by atoms with van der Waals surface area (Å²) in [6.45, 7) is 6.85. The molecule has 0 fully saturated rings. The average Bonchev–Trinajstić information content (AvgIpc) is 2.16. The maximum atomic E-state index is 2.56. The summed E-state index contributed by atoms with van der Waals surface area (Å²) in [5, 5.41) is 1.81. The van der Waals surface area contributed by atoms with E-state index in [0.29, 0.717) is 16.1 Å². The molecule has 0 bridgehead atoms. The van der Waals surface area contributed by atoms with Crippen LogP contribution in [0.2, 0.25) is 0 Å². The van der Waals surface area contributed by atoms with Gasteiger partial charge in [0.05, 0.1) is 16.1 Å². The molecule has 0 heterocycles. The van der Waals surface area contributed by atoms with Gasteiger partial charge in [0, 0.05) is 0 Å². The number of hydrogen-bond donors (Lipinski definition) is 0. The van der Waals surface area contributed by atoms with E-state index in [1.807, 2.05) is 35.3 Å². The van der Waals surface area contributed by atoms with E-state index in [0.717, 1.165) is 0 Å². The number of rotatable bonds is 6. The molecule has 0 saturated carbocycles. The lowest BCUT2D eigenvalue weighted by Crippen LogP contribution is -2.41. The predicted octanol–water partition coefficient (Wildman–Crippen LogP) is 3.42. The Morgan fingerprint density at radius 3 is 1.08 bits per heavy atom. The van der Waals surface area contributed by atoms with Crippen LogP contribution in [0, 0.1) is 0 Å². The van der Waals surface area contributed by atoms with Crippen molar-refractivity contribution in [2.45, 2.75) is 36.9 Å². The summed E-state index contributed by atoms with van der Waals surface area (Å²) in [6.07, 6.45) is 6.54. The Morgan fingerprint density at radius 1 is 0.692 bits per heavy atom. The van der Waals surface area contributed by atoms with E-state index in [9.17, 15) is 0 Å². The van der Waals surface area contributed by atoms with Crippen LogP contribution in [0.1, 0.15) is 20.8 Å². The Morgan fingerprint density at radius 2 is 0.923 bits per heavy atom. The Bertz CT molecular complexity index is 108. The van der Waals surface area contributed by atoms with Gasteiger partial charge in [-0.05, 0) is 39.5 Å². The van der Waals surface area contributed by atoms with Crippen molar-refractivity contribution in [1.29, 1.82) is 0 Å². The lowest BCUT2D eigenvalue weighted by atomic mass is 10.5. The maximum Gasteiger partial charge on any atom is 0.0546 e.